The Hall–Kier alpha value is -2.13. The van der Waals surface area contributed by atoms with Gasteiger partial charge in [-0.2, -0.15) is 0 Å². The number of carbonyl (C=O) groups is 1. The van der Waals surface area contributed by atoms with E-state index in [1.807, 2.05) is 30.7 Å². The third kappa shape index (κ3) is 5.70. The lowest BCUT2D eigenvalue weighted by molar-refractivity contribution is -0.120. The Morgan fingerprint density at radius 2 is 2.21 bits per heavy atom. The largest absolute Gasteiger partial charge is 0.440 e. The van der Waals surface area contributed by atoms with E-state index in [0.717, 1.165) is 35.2 Å². The highest BCUT2D eigenvalue weighted by molar-refractivity contribution is 7.98. The number of rotatable bonds is 10. The van der Waals surface area contributed by atoms with Crippen LogP contribution >= 0.6 is 23.1 Å². The fraction of sp³-hybridized carbons (Fsp3) is 0.500. The quantitative estimate of drug-likeness (QED) is 0.385. The lowest BCUT2D eigenvalue weighted by atomic mass is 10.2. The molecule has 0 fully saturated rings. The molecule has 7 nitrogen and oxygen atoms in total. The predicted octanol–water partition coefficient (Wildman–Crippen LogP) is 3.97. The first-order valence-electron chi connectivity index (χ1n) is 9.70. The average molecular weight is 434 g/mol. The second-order valence-corrected chi connectivity index (χ2v) is 8.96. The summed E-state index contributed by atoms with van der Waals surface area (Å²) in [6.45, 7) is 7.71. The fourth-order valence-corrected chi connectivity index (χ4v) is 4.16. The van der Waals surface area contributed by atoms with Crippen LogP contribution in [0, 0.1) is 12.8 Å². The number of aromatic nitrogens is 4. The van der Waals surface area contributed by atoms with E-state index in [9.17, 15) is 4.79 Å². The Labute approximate surface area is 179 Å². The molecule has 9 heteroatoms. The highest BCUT2D eigenvalue weighted by Crippen LogP contribution is 2.26. The molecule has 3 aromatic heterocycles. The van der Waals surface area contributed by atoms with Gasteiger partial charge >= 0.3 is 0 Å². The van der Waals surface area contributed by atoms with E-state index in [4.69, 9.17) is 4.42 Å². The van der Waals surface area contributed by atoms with Gasteiger partial charge in [-0.05, 0) is 37.0 Å². The molecule has 0 aliphatic rings. The Morgan fingerprint density at radius 3 is 2.90 bits per heavy atom. The Kier molecular flexibility index (Phi) is 7.49. The van der Waals surface area contributed by atoms with Crippen molar-refractivity contribution < 1.29 is 9.21 Å². The zero-order valence-electron chi connectivity index (χ0n) is 17.3. The third-order valence-electron chi connectivity index (χ3n) is 4.38. The number of aryl methyl sites for hydroxylation is 2. The minimum absolute atomic E-state index is 0.0485. The molecule has 0 aromatic carbocycles. The summed E-state index contributed by atoms with van der Waals surface area (Å²) in [7, 11) is 0. The van der Waals surface area contributed by atoms with Gasteiger partial charge in [0.15, 0.2) is 5.16 Å². The lowest BCUT2D eigenvalue weighted by Crippen LogP contribution is -2.27. The van der Waals surface area contributed by atoms with Gasteiger partial charge in [-0.3, -0.25) is 4.79 Å². The molecule has 0 saturated heterocycles. The number of hydrogen-bond acceptors (Lipinski definition) is 7. The summed E-state index contributed by atoms with van der Waals surface area (Å²) in [5, 5.41) is 14.5. The topological polar surface area (TPSA) is 85.8 Å². The van der Waals surface area contributed by atoms with E-state index in [0.29, 0.717) is 29.8 Å². The molecule has 0 saturated carbocycles. The molecule has 0 bridgehead atoms. The number of oxazole rings is 1. The van der Waals surface area contributed by atoms with Gasteiger partial charge in [-0.25, -0.2) is 4.98 Å². The molecule has 0 aliphatic carbocycles. The Bertz CT molecular complexity index is 931. The van der Waals surface area contributed by atoms with Crippen molar-refractivity contribution in [1.82, 2.24) is 25.1 Å². The third-order valence-corrected chi connectivity index (χ3v) is 5.90. The van der Waals surface area contributed by atoms with Gasteiger partial charge < -0.3 is 14.3 Å². The van der Waals surface area contributed by atoms with Crippen LogP contribution in [0.5, 0.6) is 0 Å². The van der Waals surface area contributed by atoms with E-state index in [1.165, 1.54) is 0 Å². The van der Waals surface area contributed by atoms with Crippen molar-refractivity contribution in [3.05, 3.63) is 34.8 Å². The summed E-state index contributed by atoms with van der Waals surface area (Å²) < 4.78 is 7.88. The van der Waals surface area contributed by atoms with Gasteiger partial charge in [-0.15, -0.1) is 21.5 Å². The maximum atomic E-state index is 12.3. The maximum absolute atomic E-state index is 12.3. The summed E-state index contributed by atoms with van der Waals surface area (Å²) in [6.07, 6.45) is 3.84. The van der Waals surface area contributed by atoms with E-state index in [1.54, 1.807) is 23.1 Å². The average Bonchev–Trinajstić information content (AvgIpc) is 3.40. The van der Waals surface area contributed by atoms with E-state index in [-0.39, 0.29) is 12.3 Å². The van der Waals surface area contributed by atoms with Crippen LogP contribution in [0.4, 0.5) is 0 Å². The molecule has 3 aromatic rings. The van der Waals surface area contributed by atoms with Gasteiger partial charge in [0.25, 0.3) is 0 Å². The first-order chi connectivity index (χ1) is 14.0. The second-order valence-electron chi connectivity index (χ2n) is 7.24. The van der Waals surface area contributed by atoms with Crippen LogP contribution in [-0.4, -0.2) is 38.5 Å². The van der Waals surface area contributed by atoms with Crippen LogP contribution in [-0.2, 0) is 24.2 Å². The minimum atomic E-state index is -0.0485. The maximum Gasteiger partial charge on any atom is 0.236 e. The van der Waals surface area contributed by atoms with Crippen LogP contribution in [0.2, 0.25) is 0 Å². The molecule has 3 heterocycles. The first-order valence-corrected chi connectivity index (χ1v) is 11.8. The van der Waals surface area contributed by atoms with Crippen LogP contribution in [0.3, 0.4) is 0 Å². The number of thioether (sulfide) groups is 1. The normalized spacial score (nSPS) is 11.3. The molecule has 0 unspecified atom stereocenters. The highest BCUT2D eigenvalue weighted by atomic mass is 32.2. The molecule has 0 atom stereocenters. The molecular formula is C20H27N5O2S2. The number of nitrogens with zero attached hydrogens (tertiary/aromatic N) is 4. The van der Waals surface area contributed by atoms with Gasteiger partial charge in [0.2, 0.25) is 11.8 Å². The SMILES string of the molecule is CSc1nnc(CCCNC(=O)Cc2nc(-c3cccs3)oc2C)n1CC(C)C. The van der Waals surface area contributed by atoms with Gasteiger partial charge in [0, 0.05) is 19.5 Å². The monoisotopic (exact) mass is 433 g/mol. The smallest absolute Gasteiger partial charge is 0.236 e. The van der Waals surface area contributed by atoms with Crippen molar-refractivity contribution in [3.8, 4) is 10.8 Å². The Balaban J connectivity index is 1.48. The van der Waals surface area contributed by atoms with Gasteiger partial charge in [0.05, 0.1) is 17.0 Å². The van der Waals surface area contributed by atoms with Gasteiger partial charge in [0.1, 0.15) is 11.6 Å². The van der Waals surface area contributed by atoms with Crippen molar-refractivity contribution in [2.75, 3.05) is 12.8 Å². The van der Waals surface area contributed by atoms with Crippen molar-refractivity contribution in [2.45, 2.75) is 51.7 Å². The highest BCUT2D eigenvalue weighted by Gasteiger charge is 2.16. The van der Waals surface area contributed by atoms with Gasteiger partial charge in [-0.1, -0.05) is 31.7 Å². The summed E-state index contributed by atoms with van der Waals surface area (Å²) >= 11 is 3.18. The summed E-state index contributed by atoms with van der Waals surface area (Å²) in [5.74, 6) is 2.72. The van der Waals surface area contributed by atoms with Crippen LogP contribution in [0.1, 0.15) is 37.5 Å². The first kappa shape index (κ1) is 21.6. The summed E-state index contributed by atoms with van der Waals surface area (Å²) in [5.41, 5.74) is 0.687. The van der Waals surface area contributed by atoms with Crippen LogP contribution in [0.25, 0.3) is 10.8 Å². The van der Waals surface area contributed by atoms with E-state index < -0.39 is 0 Å². The van der Waals surface area contributed by atoms with Crippen molar-refractivity contribution >= 4 is 29.0 Å². The zero-order chi connectivity index (χ0) is 20.8. The molecule has 0 aliphatic heterocycles. The fourth-order valence-electron chi connectivity index (χ4n) is 2.99. The number of carbonyl (C=O) groups excluding carboxylic acids is 1. The Morgan fingerprint density at radius 1 is 1.38 bits per heavy atom. The van der Waals surface area contributed by atoms with Crippen molar-refractivity contribution in [1.29, 1.82) is 0 Å². The number of nitrogens with one attached hydrogen (secondary N) is 1. The molecule has 0 spiro atoms. The van der Waals surface area contributed by atoms with Crippen LogP contribution in [0.15, 0.2) is 27.1 Å². The molecule has 156 valence electrons. The van der Waals surface area contributed by atoms with Crippen molar-refractivity contribution in [2.24, 2.45) is 5.92 Å². The molecule has 3 rings (SSSR count). The zero-order valence-corrected chi connectivity index (χ0v) is 18.9. The molecule has 1 N–H and O–H groups in total. The number of amides is 1. The molecular weight excluding hydrogens is 406 g/mol. The minimum Gasteiger partial charge on any atom is -0.440 e. The van der Waals surface area contributed by atoms with Crippen molar-refractivity contribution in [3.63, 3.8) is 0 Å². The standard InChI is InChI=1S/C20H27N5O2S2/c1-13(2)12-25-17(23-24-20(25)28-4)8-5-9-21-18(26)11-15-14(3)27-19(22-15)16-7-6-10-29-16/h6-7,10,13H,5,8-9,11-12H2,1-4H3,(H,21,26). The summed E-state index contributed by atoms with van der Waals surface area (Å²) in [6, 6.07) is 3.91. The lowest BCUT2D eigenvalue weighted by Gasteiger charge is -2.11. The second kappa shape index (κ2) is 10.1. The van der Waals surface area contributed by atoms with E-state index in [2.05, 4.69) is 38.9 Å². The molecule has 29 heavy (non-hydrogen) atoms. The van der Waals surface area contributed by atoms with Crippen LogP contribution < -0.4 is 5.32 Å². The number of hydrogen-bond donors (Lipinski definition) is 1. The summed E-state index contributed by atoms with van der Waals surface area (Å²) in [4.78, 5) is 17.8. The number of thiophene rings is 1. The molecule has 0 radical (unpaired) electrons. The van der Waals surface area contributed by atoms with E-state index >= 15 is 0 Å². The molecule has 1 amide bonds. The predicted molar refractivity (Wildman–Crippen MR) is 116 cm³/mol.